The van der Waals surface area contributed by atoms with E-state index in [-0.39, 0.29) is 11.4 Å². The average molecular weight is 324 g/mol. The number of benzene rings is 1. The van der Waals surface area contributed by atoms with Gasteiger partial charge in [-0.3, -0.25) is 9.36 Å². The van der Waals surface area contributed by atoms with Crippen molar-refractivity contribution in [3.63, 3.8) is 0 Å². The Bertz CT molecular complexity index is 931. The van der Waals surface area contributed by atoms with Crippen molar-refractivity contribution in [1.29, 1.82) is 0 Å². The maximum atomic E-state index is 11.9. The van der Waals surface area contributed by atoms with Crippen molar-refractivity contribution < 1.29 is 4.92 Å². The molecule has 2 heterocycles. The zero-order valence-electron chi connectivity index (χ0n) is 13.3. The van der Waals surface area contributed by atoms with Gasteiger partial charge in [-0.05, 0) is 28.5 Å². The number of hydrogen-bond acceptors (Lipinski definition) is 4. The third-order valence-electron chi connectivity index (χ3n) is 3.77. The highest BCUT2D eigenvalue weighted by Gasteiger charge is 2.21. The van der Waals surface area contributed by atoms with Gasteiger partial charge >= 0.3 is 5.82 Å². The average Bonchev–Trinajstić information content (AvgIpc) is 2.97. The Hall–Kier alpha value is -3.22. The van der Waals surface area contributed by atoms with Crippen LogP contribution in [0.15, 0.2) is 53.6 Å². The van der Waals surface area contributed by atoms with Crippen LogP contribution in [0.2, 0.25) is 0 Å². The van der Waals surface area contributed by atoms with E-state index in [0.717, 1.165) is 5.56 Å². The molecule has 0 spiro atoms. The summed E-state index contributed by atoms with van der Waals surface area (Å²) < 4.78 is 3.19. The quantitative estimate of drug-likeness (QED) is 0.545. The fourth-order valence-electron chi connectivity index (χ4n) is 2.62. The molecule has 7 nitrogen and oxygen atoms in total. The summed E-state index contributed by atoms with van der Waals surface area (Å²) in [5.41, 5.74) is 2.13. The zero-order valence-corrected chi connectivity index (χ0v) is 13.3. The first kappa shape index (κ1) is 15.7. The number of aryl methyl sites for hydroxylation is 2. The summed E-state index contributed by atoms with van der Waals surface area (Å²) in [4.78, 5) is 26.6. The molecule has 0 aliphatic carbocycles. The van der Waals surface area contributed by atoms with Gasteiger partial charge in [0.05, 0.1) is 12.1 Å². The van der Waals surface area contributed by atoms with Crippen LogP contribution in [-0.2, 0) is 13.6 Å². The first-order chi connectivity index (χ1) is 11.5. The minimum atomic E-state index is -0.514. The van der Waals surface area contributed by atoms with Gasteiger partial charge in [0.25, 0.3) is 11.4 Å². The molecular formula is C17H16N4O3. The number of nitro groups is 1. The number of aromatic nitrogens is 3. The molecule has 0 unspecified atom stereocenters. The normalized spacial score (nSPS) is 10.8. The number of hydrogen-bond donors (Lipinski definition) is 0. The van der Waals surface area contributed by atoms with Gasteiger partial charge in [-0.25, -0.2) is 0 Å². The van der Waals surface area contributed by atoms with E-state index in [9.17, 15) is 14.9 Å². The molecule has 0 atom stereocenters. The van der Waals surface area contributed by atoms with E-state index in [0.29, 0.717) is 23.5 Å². The van der Waals surface area contributed by atoms with Crippen molar-refractivity contribution in [3.8, 4) is 11.4 Å². The van der Waals surface area contributed by atoms with Gasteiger partial charge in [0.2, 0.25) is 0 Å². The molecule has 0 aliphatic rings. The molecule has 1 aromatic carbocycles. The lowest BCUT2D eigenvalue weighted by atomic mass is 10.2. The van der Waals surface area contributed by atoms with E-state index in [1.807, 2.05) is 30.3 Å². The highest BCUT2D eigenvalue weighted by atomic mass is 16.6. The summed E-state index contributed by atoms with van der Waals surface area (Å²) >= 11 is 0. The molecule has 0 N–H and O–H groups in total. The van der Waals surface area contributed by atoms with Crippen LogP contribution in [0, 0.1) is 17.0 Å². The SMILES string of the molecule is Cc1cc(-c2nc([N+](=O)[O-])cn2Cc2ccccc2)cn(C)c1=O. The Morgan fingerprint density at radius 1 is 1.21 bits per heavy atom. The van der Waals surface area contributed by atoms with E-state index < -0.39 is 4.92 Å². The minimum Gasteiger partial charge on any atom is -0.358 e. The fourth-order valence-corrected chi connectivity index (χ4v) is 2.62. The van der Waals surface area contributed by atoms with Crippen molar-refractivity contribution in [3.05, 3.63) is 80.4 Å². The van der Waals surface area contributed by atoms with Crippen LogP contribution >= 0.6 is 0 Å². The van der Waals surface area contributed by atoms with Crippen LogP contribution in [0.4, 0.5) is 5.82 Å². The minimum absolute atomic E-state index is 0.102. The van der Waals surface area contributed by atoms with Gasteiger partial charge in [0, 0.05) is 18.8 Å². The number of imidazole rings is 1. The lowest BCUT2D eigenvalue weighted by Gasteiger charge is -2.07. The van der Waals surface area contributed by atoms with Crippen LogP contribution in [0.5, 0.6) is 0 Å². The number of rotatable bonds is 4. The van der Waals surface area contributed by atoms with Crippen LogP contribution in [-0.4, -0.2) is 19.0 Å². The van der Waals surface area contributed by atoms with Gasteiger partial charge in [-0.15, -0.1) is 0 Å². The van der Waals surface area contributed by atoms with Gasteiger partial charge in [-0.1, -0.05) is 30.3 Å². The smallest absolute Gasteiger partial charge is 0.358 e. The molecule has 122 valence electrons. The summed E-state index contributed by atoms with van der Waals surface area (Å²) in [6, 6.07) is 11.3. The van der Waals surface area contributed by atoms with E-state index >= 15 is 0 Å². The Balaban J connectivity index is 2.12. The Kier molecular flexibility index (Phi) is 3.99. The predicted octanol–water partition coefficient (Wildman–Crippen LogP) is 2.51. The third-order valence-corrected chi connectivity index (χ3v) is 3.77. The molecule has 0 bridgehead atoms. The topological polar surface area (TPSA) is 83.0 Å². The zero-order chi connectivity index (χ0) is 17.3. The van der Waals surface area contributed by atoms with Gasteiger partial charge < -0.3 is 14.7 Å². The lowest BCUT2D eigenvalue weighted by Crippen LogP contribution is -2.18. The van der Waals surface area contributed by atoms with Crippen LogP contribution in [0.3, 0.4) is 0 Å². The summed E-state index contributed by atoms with van der Waals surface area (Å²) in [7, 11) is 1.65. The number of pyridine rings is 1. The summed E-state index contributed by atoms with van der Waals surface area (Å²) in [5, 5.41) is 11.1. The second kappa shape index (κ2) is 6.11. The molecular weight excluding hydrogens is 308 g/mol. The van der Waals surface area contributed by atoms with Gasteiger partial charge in [0.1, 0.15) is 6.20 Å². The Morgan fingerprint density at radius 3 is 2.54 bits per heavy atom. The highest BCUT2D eigenvalue weighted by molar-refractivity contribution is 5.57. The molecule has 0 amide bonds. The van der Waals surface area contributed by atoms with E-state index in [1.165, 1.54) is 10.8 Å². The molecule has 3 rings (SSSR count). The molecule has 0 aliphatic heterocycles. The van der Waals surface area contributed by atoms with E-state index in [1.54, 1.807) is 30.8 Å². The fraction of sp³-hybridized carbons (Fsp3) is 0.176. The van der Waals surface area contributed by atoms with E-state index in [4.69, 9.17) is 0 Å². The molecule has 7 heteroatoms. The maximum absolute atomic E-state index is 11.9. The number of nitrogens with zero attached hydrogens (tertiary/aromatic N) is 4. The second-order valence-corrected chi connectivity index (χ2v) is 5.62. The van der Waals surface area contributed by atoms with E-state index in [2.05, 4.69) is 4.98 Å². The molecule has 0 saturated heterocycles. The molecule has 24 heavy (non-hydrogen) atoms. The van der Waals surface area contributed by atoms with Crippen molar-refractivity contribution in [2.24, 2.45) is 7.05 Å². The van der Waals surface area contributed by atoms with Gasteiger partial charge in [-0.2, -0.15) is 0 Å². The van der Waals surface area contributed by atoms with Crippen molar-refractivity contribution >= 4 is 5.82 Å². The first-order valence-corrected chi connectivity index (χ1v) is 7.39. The third kappa shape index (κ3) is 2.96. The Morgan fingerprint density at radius 2 is 1.92 bits per heavy atom. The van der Waals surface area contributed by atoms with Crippen molar-refractivity contribution in [2.45, 2.75) is 13.5 Å². The van der Waals surface area contributed by atoms with Crippen LogP contribution in [0.1, 0.15) is 11.1 Å². The largest absolute Gasteiger partial charge is 0.382 e. The first-order valence-electron chi connectivity index (χ1n) is 7.39. The summed E-state index contributed by atoms with van der Waals surface area (Å²) in [6.07, 6.45) is 3.06. The van der Waals surface area contributed by atoms with Crippen molar-refractivity contribution in [2.75, 3.05) is 0 Å². The molecule has 0 radical (unpaired) electrons. The van der Waals surface area contributed by atoms with Gasteiger partial charge in [0.15, 0.2) is 0 Å². The second-order valence-electron chi connectivity index (χ2n) is 5.62. The molecule has 2 aromatic heterocycles. The summed E-state index contributed by atoms with van der Waals surface area (Å²) in [6.45, 7) is 2.17. The molecule has 3 aromatic rings. The molecule has 0 saturated carbocycles. The highest BCUT2D eigenvalue weighted by Crippen LogP contribution is 2.23. The van der Waals surface area contributed by atoms with Crippen molar-refractivity contribution in [1.82, 2.24) is 14.1 Å². The van der Waals surface area contributed by atoms with Crippen LogP contribution in [0.25, 0.3) is 11.4 Å². The maximum Gasteiger partial charge on any atom is 0.382 e. The Labute approximate surface area is 138 Å². The monoisotopic (exact) mass is 324 g/mol. The standard InChI is InChI=1S/C17H16N4O3/c1-12-8-14(10-19(2)17(12)22)16-18-15(21(23)24)11-20(16)9-13-6-4-3-5-7-13/h3-8,10-11H,9H2,1-2H3. The lowest BCUT2D eigenvalue weighted by molar-refractivity contribution is -0.389. The van der Waals surface area contributed by atoms with Crippen LogP contribution < -0.4 is 5.56 Å². The molecule has 0 fully saturated rings. The summed E-state index contributed by atoms with van der Waals surface area (Å²) in [5.74, 6) is 0.247. The predicted molar refractivity (Wildman–Crippen MR) is 89.8 cm³/mol.